The normalized spacial score (nSPS) is 9.71. The molecule has 2 N–H and O–H groups in total. The first-order chi connectivity index (χ1) is 12.9. The van der Waals surface area contributed by atoms with Crippen molar-refractivity contribution in [1.82, 2.24) is 24.9 Å². The fourth-order valence-corrected chi connectivity index (χ4v) is 2.90. The molecule has 28 heavy (non-hydrogen) atoms. The van der Waals surface area contributed by atoms with E-state index < -0.39 is 0 Å². The predicted molar refractivity (Wildman–Crippen MR) is 117 cm³/mol. The molecule has 0 radical (unpaired) electrons. The Morgan fingerprint density at radius 1 is 0.821 bits per heavy atom. The molecule has 0 aliphatic rings. The summed E-state index contributed by atoms with van der Waals surface area (Å²) >= 11 is 1.56. The topological polar surface area (TPSA) is 88.5 Å². The average Bonchev–Trinajstić information content (AvgIpc) is 3.23. The van der Waals surface area contributed by atoms with Gasteiger partial charge in [-0.15, -0.1) is 36.2 Å². The standard InChI is InChI=1S/C18H15N7S.2ClH/c1-2-14(18-21-8-9-26-18)24-16(3-1)25-15-5-4-13(10-22-15)11-23-17-12-19-6-7-20-17;;/h1-10,12H,11H2,(H,20,23)(H,22,24,25);2*1H. The van der Waals surface area contributed by atoms with Crippen molar-refractivity contribution in [3.05, 3.63) is 72.3 Å². The van der Waals surface area contributed by atoms with Gasteiger partial charge < -0.3 is 10.6 Å². The largest absolute Gasteiger partial charge is 0.365 e. The molecule has 7 nitrogen and oxygen atoms in total. The van der Waals surface area contributed by atoms with Crippen molar-refractivity contribution in [3.8, 4) is 10.7 Å². The molecule has 0 aliphatic heterocycles. The first-order valence-corrected chi connectivity index (χ1v) is 8.83. The lowest BCUT2D eigenvalue weighted by atomic mass is 10.3. The number of rotatable bonds is 6. The van der Waals surface area contributed by atoms with Crippen molar-refractivity contribution >= 4 is 53.6 Å². The lowest BCUT2D eigenvalue weighted by Gasteiger charge is -2.08. The maximum absolute atomic E-state index is 4.58. The van der Waals surface area contributed by atoms with Gasteiger partial charge in [0.1, 0.15) is 28.2 Å². The van der Waals surface area contributed by atoms with E-state index in [2.05, 4.69) is 35.6 Å². The molecule has 0 aromatic carbocycles. The number of aromatic nitrogens is 5. The first-order valence-electron chi connectivity index (χ1n) is 7.95. The Morgan fingerprint density at radius 2 is 1.75 bits per heavy atom. The van der Waals surface area contributed by atoms with Gasteiger partial charge in [-0.1, -0.05) is 12.1 Å². The van der Waals surface area contributed by atoms with Crippen LogP contribution in [0.4, 0.5) is 17.5 Å². The van der Waals surface area contributed by atoms with E-state index in [9.17, 15) is 0 Å². The van der Waals surface area contributed by atoms with E-state index in [0.717, 1.165) is 33.7 Å². The Hall–Kier alpha value is -2.81. The summed E-state index contributed by atoms with van der Waals surface area (Å²) in [4.78, 5) is 21.5. The van der Waals surface area contributed by atoms with Crippen LogP contribution in [0.1, 0.15) is 5.56 Å². The minimum absolute atomic E-state index is 0. The lowest BCUT2D eigenvalue weighted by Crippen LogP contribution is -2.03. The van der Waals surface area contributed by atoms with Crippen LogP contribution in [0.25, 0.3) is 10.7 Å². The van der Waals surface area contributed by atoms with Gasteiger partial charge in [0.2, 0.25) is 0 Å². The van der Waals surface area contributed by atoms with Gasteiger partial charge in [-0.25, -0.2) is 19.9 Å². The predicted octanol–water partition coefficient (Wildman–Crippen LogP) is 4.59. The number of halogens is 2. The third-order valence-electron chi connectivity index (χ3n) is 3.52. The van der Waals surface area contributed by atoms with Crippen molar-refractivity contribution in [1.29, 1.82) is 0 Å². The molecule has 0 amide bonds. The Labute approximate surface area is 178 Å². The average molecular weight is 434 g/mol. The van der Waals surface area contributed by atoms with Crippen LogP contribution in [0.5, 0.6) is 0 Å². The molecule has 0 saturated carbocycles. The number of nitrogens with one attached hydrogen (secondary N) is 2. The minimum Gasteiger partial charge on any atom is -0.365 e. The van der Waals surface area contributed by atoms with Crippen molar-refractivity contribution in [2.24, 2.45) is 0 Å². The summed E-state index contributed by atoms with van der Waals surface area (Å²) in [5.74, 6) is 2.20. The van der Waals surface area contributed by atoms with Crippen molar-refractivity contribution in [3.63, 3.8) is 0 Å². The van der Waals surface area contributed by atoms with Gasteiger partial charge in [0, 0.05) is 36.7 Å². The zero-order valence-corrected chi connectivity index (χ0v) is 17.0. The van der Waals surface area contributed by atoms with Gasteiger partial charge in [0.05, 0.1) is 6.20 Å². The summed E-state index contributed by atoms with van der Waals surface area (Å²) in [6, 6.07) is 9.72. The van der Waals surface area contributed by atoms with Crippen LogP contribution in [0, 0.1) is 0 Å². The van der Waals surface area contributed by atoms with Crippen LogP contribution in [0.2, 0.25) is 0 Å². The molecule has 10 heteroatoms. The SMILES string of the molecule is Cl.Cl.c1cc(Nc2ccc(CNc3cnccn3)cn2)nc(-c2nccs2)c1. The van der Waals surface area contributed by atoms with Gasteiger partial charge in [0.15, 0.2) is 0 Å². The highest BCUT2D eigenvalue weighted by Crippen LogP contribution is 2.22. The monoisotopic (exact) mass is 433 g/mol. The molecule has 0 spiro atoms. The lowest BCUT2D eigenvalue weighted by molar-refractivity contribution is 1.07. The van der Waals surface area contributed by atoms with E-state index in [4.69, 9.17) is 0 Å². The molecule has 0 saturated heterocycles. The summed E-state index contributed by atoms with van der Waals surface area (Å²) < 4.78 is 0. The van der Waals surface area contributed by atoms with E-state index in [1.54, 1.807) is 36.1 Å². The number of hydrogen-bond donors (Lipinski definition) is 2. The molecular weight excluding hydrogens is 417 g/mol. The maximum Gasteiger partial charge on any atom is 0.144 e. The molecular formula is C18H17Cl2N7S. The third kappa shape index (κ3) is 5.59. The second-order valence-corrected chi connectivity index (χ2v) is 6.26. The van der Waals surface area contributed by atoms with E-state index in [1.165, 1.54) is 0 Å². The van der Waals surface area contributed by atoms with E-state index in [0.29, 0.717) is 6.54 Å². The first kappa shape index (κ1) is 21.5. The summed E-state index contributed by atoms with van der Waals surface area (Å²) in [7, 11) is 0. The number of thiazole rings is 1. The number of nitrogens with zero attached hydrogens (tertiary/aromatic N) is 5. The van der Waals surface area contributed by atoms with Crippen molar-refractivity contribution in [2.45, 2.75) is 6.54 Å². The van der Waals surface area contributed by atoms with Crippen LogP contribution in [-0.2, 0) is 6.54 Å². The van der Waals surface area contributed by atoms with Gasteiger partial charge >= 0.3 is 0 Å². The molecule has 0 aliphatic carbocycles. The zero-order chi connectivity index (χ0) is 17.6. The van der Waals surface area contributed by atoms with E-state index >= 15 is 0 Å². The Bertz CT molecular complexity index is 967. The highest BCUT2D eigenvalue weighted by Gasteiger charge is 2.04. The van der Waals surface area contributed by atoms with Crippen LogP contribution in [-0.4, -0.2) is 24.9 Å². The molecule has 4 rings (SSSR count). The summed E-state index contributed by atoms with van der Waals surface area (Å²) in [5.41, 5.74) is 1.89. The number of anilines is 3. The van der Waals surface area contributed by atoms with Crippen LogP contribution >= 0.6 is 36.2 Å². The van der Waals surface area contributed by atoms with E-state index in [1.807, 2.05) is 41.9 Å². The quantitative estimate of drug-likeness (QED) is 0.459. The van der Waals surface area contributed by atoms with Crippen molar-refractivity contribution in [2.75, 3.05) is 10.6 Å². The molecule has 0 bridgehead atoms. The fraction of sp³-hybridized carbons (Fsp3) is 0.0556. The molecule has 4 aromatic rings. The van der Waals surface area contributed by atoms with Crippen LogP contribution in [0.15, 0.2) is 66.7 Å². The molecule has 0 unspecified atom stereocenters. The highest BCUT2D eigenvalue weighted by atomic mass is 35.5. The second-order valence-electron chi connectivity index (χ2n) is 5.37. The minimum atomic E-state index is 0. The van der Waals surface area contributed by atoms with Gasteiger partial charge in [-0.2, -0.15) is 0 Å². The van der Waals surface area contributed by atoms with Gasteiger partial charge in [-0.3, -0.25) is 4.98 Å². The summed E-state index contributed by atoms with van der Waals surface area (Å²) in [6.07, 6.45) is 8.57. The van der Waals surface area contributed by atoms with Crippen LogP contribution < -0.4 is 10.6 Å². The van der Waals surface area contributed by atoms with Crippen molar-refractivity contribution < 1.29 is 0 Å². The molecule has 144 valence electrons. The highest BCUT2D eigenvalue weighted by molar-refractivity contribution is 7.13. The Morgan fingerprint density at radius 3 is 2.46 bits per heavy atom. The smallest absolute Gasteiger partial charge is 0.144 e. The maximum atomic E-state index is 4.58. The van der Waals surface area contributed by atoms with Crippen LogP contribution in [0.3, 0.4) is 0 Å². The second kappa shape index (κ2) is 10.5. The van der Waals surface area contributed by atoms with E-state index in [-0.39, 0.29) is 24.8 Å². The third-order valence-corrected chi connectivity index (χ3v) is 4.31. The Balaban J connectivity index is 0.00000140. The molecule has 0 fully saturated rings. The molecule has 4 aromatic heterocycles. The summed E-state index contributed by atoms with van der Waals surface area (Å²) in [6.45, 7) is 0.629. The molecule has 4 heterocycles. The number of pyridine rings is 2. The van der Waals surface area contributed by atoms with Gasteiger partial charge in [0.25, 0.3) is 0 Å². The Kier molecular flexibility index (Phi) is 8.06. The van der Waals surface area contributed by atoms with Gasteiger partial charge in [-0.05, 0) is 23.8 Å². The number of hydrogen-bond acceptors (Lipinski definition) is 8. The fourth-order valence-electron chi connectivity index (χ4n) is 2.29. The molecule has 0 atom stereocenters. The zero-order valence-electron chi connectivity index (χ0n) is 14.5. The summed E-state index contributed by atoms with van der Waals surface area (Å²) in [5, 5.41) is 9.25.